The number of methoxy groups -OCH3 is 2. The quantitative estimate of drug-likeness (QED) is 0.535. The maximum absolute atomic E-state index is 11.9. The number of hydrogen-bond acceptors (Lipinski definition) is 5. The van der Waals surface area contributed by atoms with E-state index in [1.54, 1.807) is 18.2 Å². The summed E-state index contributed by atoms with van der Waals surface area (Å²) in [6, 6.07) is 4.49. The summed E-state index contributed by atoms with van der Waals surface area (Å²) in [5, 5.41) is 4.13. The Morgan fingerprint density at radius 3 is 2.38 bits per heavy atom. The summed E-state index contributed by atoms with van der Waals surface area (Å²) >= 11 is 11.9. The van der Waals surface area contributed by atoms with E-state index in [0.717, 1.165) is 6.42 Å². The predicted octanol–water partition coefficient (Wildman–Crippen LogP) is 3.46. The average Bonchev–Trinajstić information content (AvgIpc) is 2.58. The molecule has 0 saturated heterocycles. The van der Waals surface area contributed by atoms with Gasteiger partial charge in [0.1, 0.15) is 6.04 Å². The fourth-order valence-corrected chi connectivity index (χ4v) is 2.76. The average molecular weight is 400 g/mol. The van der Waals surface area contributed by atoms with Gasteiger partial charge in [-0.1, -0.05) is 42.0 Å². The van der Waals surface area contributed by atoms with E-state index in [-0.39, 0.29) is 24.3 Å². The second-order valence-electron chi connectivity index (χ2n) is 5.87. The van der Waals surface area contributed by atoms with Gasteiger partial charge in [-0.15, -0.1) is 0 Å². The van der Waals surface area contributed by atoms with Gasteiger partial charge < -0.3 is 14.8 Å². The lowest BCUT2D eigenvalue weighted by molar-refractivity contribution is -0.143. The molecule has 0 aliphatic carbocycles. The van der Waals surface area contributed by atoms with Crippen LogP contribution in [0.5, 0.6) is 0 Å². The molecule has 2 atom stereocenters. The van der Waals surface area contributed by atoms with E-state index >= 15 is 0 Å². The monoisotopic (exact) mass is 399 g/mol. The van der Waals surface area contributed by atoms with E-state index in [4.69, 9.17) is 27.9 Å². The lowest BCUT2D eigenvalue weighted by Gasteiger charge is -2.16. The van der Waals surface area contributed by atoms with Crippen molar-refractivity contribution in [3.63, 3.8) is 0 Å². The van der Waals surface area contributed by atoms with Gasteiger partial charge in [0.25, 0.3) is 0 Å². The Bertz CT molecular complexity index is 662. The molecule has 142 valence electrons. The number of hydrogen-bond donors (Lipinski definition) is 1. The predicted molar refractivity (Wildman–Crippen MR) is 102 cm³/mol. The Labute approximate surface area is 164 Å². The highest BCUT2D eigenvalue weighted by atomic mass is 35.5. The second-order valence-corrected chi connectivity index (χ2v) is 6.74. The minimum Gasteiger partial charge on any atom is -0.469 e. The van der Waals surface area contributed by atoms with Gasteiger partial charge in [0.2, 0.25) is 0 Å². The maximum Gasteiger partial charge on any atom is 0.323 e. The Morgan fingerprint density at radius 2 is 1.81 bits per heavy atom. The summed E-state index contributed by atoms with van der Waals surface area (Å²) in [6.45, 7) is 2.51. The first-order chi connectivity index (χ1) is 12.3. The Hall–Kier alpha value is -1.74. The van der Waals surface area contributed by atoms with E-state index < -0.39 is 6.04 Å². The third kappa shape index (κ3) is 8.57. The van der Waals surface area contributed by atoms with Crippen molar-refractivity contribution >= 4 is 35.1 Å². The first kappa shape index (κ1) is 22.3. The van der Waals surface area contributed by atoms with E-state index in [9.17, 15) is 9.59 Å². The van der Waals surface area contributed by atoms with E-state index in [1.165, 1.54) is 14.2 Å². The first-order valence-corrected chi connectivity index (χ1v) is 8.94. The molecule has 0 amide bonds. The van der Waals surface area contributed by atoms with Crippen LogP contribution in [-0.2, 0) is 19.1 Å². The van der Waals surface area contributed by atoms with Crippen LogP contribution in [0.4, 0.5) is 0 Å². The van der Waals surface area contributed by atoms with Gasteiger partial charge in [0, 0.05) is 28.5 Å². The van der Waals surface area contributed by atoms with E-state index in [1.807, 2.05) is 6.92 Å². The topological polar surface area (TPSA) is 64.6 Å². The summed E-state index contributed by atoms with van der Waals surface area (Å²) in [5.74, 6) is 5.41. The maximum atomic E-state index is 11.9. The van der Waals surface area contributed by atoms with Crippen LogP contribution in [0.2, 0.25) is 10.0 Å². The number of halogens is 2. The molecule has 7 heteroatoms. The molecule has 0 bridgehead atoms. The number of ether oxygens (including phenoxy) is 2. The Kier molecular flexibility index (Phi) is 10.1. The molecular weight excluding hydrogens is 377 g/mol. The van der Waals surface area contributed by atoms with Gasteiger partial charge in [-0.05, 0) is 37.1 Å². The molecule has 0 fully saturated rings. The van der Waals surface area contributed by atoms with Crippen LogP contribution in [0.1, 0.15) is 31.7 Å². The van der Waals surface area contributed by atoms with Crippen molar-refractivity contribution in [2.24, 2.45) is 5.92 Å². The number of carbonyl (C=O) groups excluding carboxylic acids is 2. The highest BCUT2D eigenvalue weighted by molar-refractivity contribution is 6.34. The standard InChI is InChI=1S/C19H23Cl2NO4/c1-13(9-18(23)25-2)7-8-22-17(19(24)26-3)6-4-5-14-10-15(20)12-16(21)11-14/h10-13,17,22H,6-9H2,1-3H3/t13?,17-/m0/s1. The molecule has 0 saturated carbocycles. The summed E-state index contributed by atoms with van der Waals surface area (Å²) in [4.78, 5) is 23.1. The van der Waals surface area contributed by atoms with Crippen molar-refractivity contribution in [2.75, 3.05) is 20.8 Å². The van der Waals surface area contributed by atoms with Crippen molar-refractivity contribution in [3.05, 3.63) is 33.8 Å². The molecule has 0 aromatic heterocycles. The molecule has 0 aliphatic rings. The number of rotatable bonds is 8. The van der Waals surface area contributed by atoms with Crippen LogP contribution in [-0.4, -0.2) is 38.7 Å². The fraction of sp³-hybridized carbons (Fsp3) is 0.474. The van der Waals surface area contributed by atoms with Crippen molar-refractivity contribution in [1.29, 1.82) is 0 Å². The van der Waals surface area contributed by atoms with E-state index in [2.05, 4.69) is 21.9 Å². The van der Waals surface area contributed by atoms with Gasteiger partial charge in [0.15, 0.2) is 0 Å². The summed E-state index contributed by atoms with van der Waals surface area (Å²) in [6.07, 6.45) is 1.35. The van der Waals surface area contributed by atoms with Crippen LogP contribution in [0, 0.1) is 17.8 Å². The molecule has 1 unspecified atom stereocenters. The van der Waals surface area contributed by atoms with Crippen LogP contribution < -0.4 is 5.32 Å². The highest BCUT2D eigenvalue weighted by Crippen LogP contribution is 2.18. The molecule has 1 aromatic carbocycles. The Balaban J connectivity index is 2.58. The molecule has 0 aliphatic heterocycles. The van der Waals surface area contributed by atoms with Crippen LogP contribution in [0.15, 0.2) is 18.2 Å². The lowest BCUT2D eigenvalue weighted by atomic mass is 10.0. The van der Waals surface area contributed by atoms with Crippen molar-refractivity contribution in [1.82, 2.24) is 5.32 Å². The number of esters is 2. The van der Waals surface area contributed by atoms with Gasteiger partial charge in [-0.25, -0.2) is 0 Å². The number of nitrogens with one attached hydrogen (secondary N) is 1. The third-order valence-corrected chi connectivity index (χ3v) is 4.09. The third-order valence-electron chi connectivity index (χ3n) is 3.66. The summed E-state index contributed by atoms with van der Waals surface area (Å²) in [7, 11) is 2.70. The molecule has 26 heavy (non-hydrogen) atoms. The van der Waals surface area contributed by atoms with Crippen LogP contribution >= 0.6 is 23.2 Å². The smallest absolute Gasteiger partial charge is 0.323 e. The normalized spacial score (nSPS) is 12.5. The summed E-state index contributed by atoms with van der Waals surface area (Å²) < 4.78 is 9.45. The zero-order valence-corrected chi connectivity index (χ0v) is 16.6. The molecule has 0 radical (unpaired) electrons. The highest BCUT2D eigenvalue weighted by Gasteiger charge is 2.18. The zero-order chi connectivity index (χ0) is 19.5. The zero-order valence-electron chi connectivity index (χ0n) is 15.1. The fourth-order valence-electron chi connectivity index (χ4n) is 2.24. The minimum absolute atomic E-state index is 0.146. The lowest BCUT2D eigenvalue weighted by Crippen LogP contribution is -2.38. The first-order valence-electron chi connectivity index (χ1n) is 8.18. The molecule has 1 aromatic rings. The summed E-state index contributed by atoms with van der Waals surface area (Å²) in [5.41, 5.74) is 0.679. The van der Waals surface area contributed by atoms with Crippen LogP contribution in [0.25, 0.3) is 0 Å². The van der Waals surface area contributed by atoms with Gasteiger partial charge in [-0.3, -0.25) is 9.59 Å². The molecule has 5 nitrogen and oxygen atoms in total. The van der Waals surface area contributed by atoms with Gasteiger partial charge >= 0.3 is 11.9 Å². The SMILES string of the molecule is COC(=O)CC(C)CCN[C@@H](CC#Cc1cc(Cl)cc(Cl)c1)C(=O)OC. The Morgan fingerprint density at radius 1 is 1.15 bits per heavy atom. The molecule has 1 rings (SSSR count). The number of carbonyl (C=O) groups is 2. The van der Waals surface area contributed by atoms with Crippen molar-refractivity contribution in [3.8, 4) is 11.8 Å². The molecule has 0 heterocycles. The molecule has 1 N–H and O–H groups in total. The molecule has 0 spiro atoms. The number of benzene rings is 1. The van der Waals surface area contributed by atoms with Crippen molar-refractivity contribution in [2.45, 2.75) is 32.2 Å². The van der Waals surface area contributed by atoms with Crippen LogP contribution in [0.3, 0.4) is 0 Å². The molecular formula is C19H23Cl2NO4. The van der Waals surface area contributed by atoms with Gasteiger partial charge in [-0.2, -0.15) is 0 Å². The largest absolute Gasteiger partial charge is 0.469 e. The minimum atomic E-state index is -0.549. The van der Waals surface area contributed by atoms with E-state index in [0.29, 0.717) is 28.6 Å². The van der Waals surface area contributed by atoms with Crippen molar-refractivity contribution < 1.29 is 19.1 Å². The second kappa shape index (κ2) is 11.8. The van der Waals surface area contributed by atoms with Gasteiger partial charge in [0.05, 0.1) is 14.2 Å².